The first-order valence-corrected chi connectivity index (χ1v) is 6.59. The molecule has 0 aliphatic carbocycles. The Balaban J connectivity index is 2.03. The summed E-state index contributed by atoms with van der Waals surface area (Å²) in [5.41, 5.74) is 0.324. The van der Waals surface area contributed by atoms with Crippen LogP contribution < -0.4 is 14.8 Å². The first-order valence-electron chi connectivity index (χ1n) is 6.59. The van der Waals surface area contributed by atoms with Crippen LogP contribution in [0.2, 0.25) is 0 Å². The highest BCUT2D eigenvalue weighted by Gasteiger charge is 2.14. The van der Waals surface area contributed by atoms with Crippen molar-refractivity contribution in [3.63, 3.8) is 0 Å². The number of halogens is 1. The number of anilines is 1. The van der Waals surface area contributed by atoms with Crippen molar-refractivity contribution in [2.75, 3.05) is 19.0 Å². The molecule has 0 radical (unpaired) electrons. The Bertz CT molecular complexity index is 715. The van der Waals surface area contributed by atoms with Gasteiger partial charge in [-0.25, -0.2) is 9.18 Å². The molecule has 1 amide bonds. The predicted octanol–water partition coefficient (Wildman–Crippen LogP) is 2.55. The van der Waals surface area contributed by atoms with Crippen LogP contribution in [0.3, 0.4) is 0 Å². The summed E-state index contributed by atoms with van der Waals surface area (Å²) < 4.78 is 23.0. The van der Waals surface area contributed by atoms with Crippen LogP contribution in [0.5, 0.6) is 11.5 Å². The summed E-state index contributed by atoms with van der Waals surface area (Å²) in [6.45, 7) is -0.398. The second kappa shape index (κ2) is 7.26. The Kier molecular flexibility index (Phi) is 5.14. The van der Waals surface area contributed by atoms with Gasteiger partial charge in [-0.2, -0.15) is 0 Å². The quantitative estimate of drug-likeness (QED) is 0.855. The van der Waals surface area contributed by atoms with Crippen LogP contribution in [0.4, 0.5) is 10.1 Å². The van der Waals surface area contributed by atoms with Gasteiger partial charge in [0.2, 0.25) is 0 Å². The number of carbonyl (C=O) groups is 2. The zero-order valence-corrected chi connectivity index (χ0v) is 12.2. The van der Waals surface area contributed by atoms with Crippen molar-refractivity contribution >= 4 is 17.6 Å². The first kappa shape index (κ1) is 16.3. The molecule has 0 spiro atoms. The van der Waals surface area contributed by atoms with Crippen molar-refractivity contribution in [2.24, 2.45) is 0 Å². The van der Waals surface area contributed by atoms with Crippen molar-refractivity contribution in [3.05, 3.63) is 53.8 Å². The summed E-state index contributed by atoms with van der Waals surface area (Å²) in [7, 11) is 1.43. The number of rotatable bonds is 6. The topological polar surface area (TPSA) is 84.9 Å². The third-order valence-electron chi connectivity index (χ3n) is 2.91. The molecule has 0 saturated carbocycles. The van der Waals surface area contributed by atoms with E-state index in [1.54, 1.807) is 0 Å². The Labute approximate surface area is 131 Å². The predicted molar refractivity (Wildman–Crippen MR) is 80.5 cm³/mol. The number of carboxylic acid groups (broad SMARTS) is 1. The normalized spacial score (nSPS) is 10.0. The van der Waals surface area contributed by atoms with Crippen molar-refractivity contribution in [3.8, 4) is 11.5 Å². The van der Waals surface area contributed by atoms with E-state index in [0.29, 0.717) is 11.4 Å². The molecule has 0 aliphatic heterocycles. The van der Waals surface area contributed by atoms with E-state index in [1.165, 1.54) is 49.6 Å². The number of carboxylic acids is 1. The molecule has 0 aromatic heterocycles. The van der Waals surface area contributed by atoms with Crippen molar-refractivity contribution in [2.45, 2.75) is 0 Å². The lowest BCUT2D eigenvalue weighted by Gasteiger charge is -2.11. The van der Waals surface area contributed by atoms with E-state index in [1.807, 2.05) is 0 Å². The summed E-state index contributed by atoms with van der Waals surface area (Å²) >= 11 is 0. The summed E-state index contributed by atoms with van der Waals surface area (Å²) in [5.74, 6) is -1.67. The maximum Gasteiger partial charge on any atom is 0.339 e. The zero-order valence-electron chi connectivity index (χ0n) is 12.2. The van der Waals surface area contributed by atoms with Gasteiger partial charge in [0.1, 0.15) is 22.9 Å². The Morgan fingerprint density at radius 1 is 1.17 bits per heavy atom. The molecule has 2 aromatic rings. The third-order valence-corrected chi connectivity index (χ3v) is 2.91. The molecule has 0 fully saturated rings. The minimum Gasteiger partial charge on any atom is -0.497 e. The number of aromatic carboxylic acids is 1. The van der Waals surface area contributed by atoms with Crippen molar-refractivity contribution < 1.29 is 28.6 Å². The van der Waals surface area contributed by atoms with Crippen LogP contribution in [0.25, 0.3) is 0 Å². The first-order chi connectivity index (χ1) is 11.0. The average molecular weight is 319 g/mol. The van der Waals surface area contributed by atoms with E-state index in [9.17, 15) is 14.0 Å². The lowest BCUT2D eigenvalue weighted by Crippen LogP contribution is -2.20. The molecule has 23 heavy (non-hydrogen) atoms. The number of carbonyl (C=O) groups excluding carboxylic acids is 1. The molecule has 2 aromatic carbocycles. The standard InChI is InChI=1S/C16H14FNO5/c1-22-12-6-7-13(16(20)21)14(8-12)23-9-15(19)18-11-4-2-10(17)3-5-11/h2-8H,9H2,1H3,(H,18,19)(H,20,21). The van der Waals surface area contributed by atoms with Gasteiger partial charge in [0.15, 0.2) is 6.61 Å². The molecule has 0 atom stereocenters. The minimum atomic E-state index is -1.18. The largest absolute Gasteiger partial charge is 0.497 e. The Hall–Kier alpha value is -3.09. The molecule has 0 heterocycles. The molecule has 120 valence electrons. The summed E-state index contributed by atoms with van der Waals surface area (Å²) in [5, 5.41) is 11.6. The van der Waals surface area contributed by atoms with E-state index < -0.39 is 24.3 Å². The van der Waals surface area contributed by atoms with Gasteiger partial charge in [-0.15, -0.1) is 0 Å². The maximum atomic E-state index is 12.8. The van der Waals surface area contributed by atoms with Gasteiger partial charge in [-0.05, 0) is 36.4 Å². The van der Waals surface area contributed by atoms with Gasteiger partial charge in [0.05, 0.1) is 7.11 Å². The fourth-order valence-electron chi connectivity index (χ4n) is 1.80. The van der Waals surface area contributed by atoms with Crippen molar-refractivity contribution in [1.29, 1.82) is 0 Å². The second-order valence-corrected chi connectivity index (χ2v) is 4.51. The number of methoxy groups -OCH3 is 1. The van der Waals surface area contributed by atoms with Crippen LogP contribution in [0.15, 0.2) is 42.5 Å². The van der Waals surface area contributed by atoms with Crippen LogP contribution in [0, 0.1) is 5.82 Å². The van der Waals surface area contributed by atoms with Crippen LogP contribution in [0.1, 0.15) is 10.4 Å². The molecule has 7 heteroatoms. The van der Waals surface area contributed by atoms with E-state index in [-0.39, 0.29) is 11.3 Å². The number of benzene rings is 2. The van der Waals surface area contributed by atoms with Crippen LogP contribution in [-0.2, 0) is 4.79 Å². The minimum absolute atomic E-state index is 0.0195. The molecule has 2 rings (SSSR count). The molecule has 0 bridgehead atoms. The van der Waals surface area contributed by atoms with E-state index >= 15 is 0 Å². The van der Waals surface area contributed by atoms with E-state index in [4.69, 9.17) is 14.6 Å². The number of hydrogen-bond acceptors (Lipinski definition) is 4. The molecular weight excluding hydrogens is 305 g/mol. The monoisotopic (exact) mass is 319 g/mol. The molecule has 0 saturated heterocycles. The van der Waals surface area contributed by atoms with Crippen LogP contribution >= 0.6 is 0 Å². The smallest absolute Gasteiger partial charge is 0.339 e. The highest BCUT2D eigenvalue weighted by atomic mass is 19.1. The summed E-state index contributed by atoms with van der Waals surface area (Å²) in [6.07, 6.45) is 0. The summed E-state index contributed by atoms with van der Waals surface area (Å²) in [4.78, 5) is 22.9. The molecule has 2 N–H and O–H groups in total. The SMILES string of the molecule is COc1ccc(C(=O)O)c(OCC(=O)Nc2ccc(F)cc2)c1. The highest BCUT2D eigenvalue weighted by Crippen LogP contribution is 2.25. The number of ether oxygens (including phenoxy) is 2. The van der Waals surface area contributed by atoms with Gasteiger partial charge in [0.25, 0.3) is 5.91 Å². The lowest BCUT2D eigenvalue weighted by atomic mass is 10.2. The zero-order chi connectivity index (χ0) is 16.8. The number of hydrogen-bond donors (Lipinski definition) is 2. The molecule has 0 unspecified atom stereocenters. The third kappa shape index (κ3) is 4.44. The Morgan fingerprint density at radius 2 is 1.87 bits per heavy atom. The molecular formula is C16H14FNO5. The van der Waals surface area contributed by atoms with Gasteiger partial charge in [-0.1, -0.05) is 0 Å². The van der Waals surface area contributed by atoms with Gasteiger partial charge >= 0.3 is 5.97 Å². The number of nitrogens with one attached hydrogen (secondary N) is 1. The van der Waals surface area contributed by atoms with Crippen molar-refractivity contribution in [1.82, 2.24) is 0 Å². The van der Waals surface area contributed by atoms with Gasteiger partial charge < -0.3 is 19.9 Å². The van der Waals surface area contributed by atoms with E-state index in [2.05, 4.69) is 5.32 Å². The van der Waals surface area contributed by atoms with Gasteiger partial charge in [0, 0.05) is 11.8 Å². The van der Waals surface area contributed by atoms with Crippen LogP contribution in [-0.4, -0.2) is 30.7 Å². The maximum absolute atomic E-state index is 12.8. The van der Waals surface area contributed by atoms with E-state index in [0.717, 1.165) is 0 Å². The number of amides is 1. The Morgan fingerprint density at radius 3 is 2.48 bits per heavy atom. The molecule has 0 aliphatic rings. The lowest BCUT2D eigenvalue weighted by molar-refractivity contribution is -0.118. The fraction of sp³-hybridized carbons (Fsp3) is 0.125. The highest BCUT2D eigenvalue weighted by molar-refractivity contribution is 5.93. The second-order valence-electron chi connectivity index (χ2n) is 4.51. The fourth-order valence-corrected chi connectivity index (χ4v) is 1.80. The van der Waals surface area contributed by atoms with Gasteiger partial charge in [-0.3, -0.25) is 4.79 Å². The average Bonchev–Trinajstić information content (AvgIpc) is 2.54. The summed E-state index contributed by atoms with van der Waals surface area (Å²) in [6, 6.07) is 9.42. The molecule has 6 nitrogen and oxygen atoms in total.